The van der Waals surface area contributed by atoms with Crippen LogP contribution in [0.15, 0.2) is 24.3 Å². The van der Waals surface area contributed by atoms with E-state index in [1.165, 1.54) is 12.1 Å². The normalized spacial score (nSPS) is 17.2. The van der Waals surface area contributed by atoms with Crippen molar-refractivity contribution in [3.63, 3.8) is 0 Å². The predicted octanol–water partition coefficient (Wildman–Crippen LogP) is 2.09. The molecule has 130 valence electrons. The molecule has 2 aliphatic rings. The van der Waals surface area contributed by atoms with Gasteiger partial charge in [0.1, 0.15) is 5.82 Å². The molecule has 0 radical (unpaired) electrons. The summed E-state index contributed by atoms with van der Waals surface area (Å²) in [6, 6.07) is 6.11. The Hall–Kier alpha value is -2.70. The molecule has 0 spiro atoms. The smallest absolute Gasteiger partial charge is 0.311 e. The van der Waals surface area contributed by atoms with Crippen molar-refractivity contribution in [2.45, 2.75) is 32.1 Å². The number of nitrogens with one attached hydrogen (secondary N) is 1. The first-order valence-electron chi connectivity index (χ1n) is 8.38. The Morgan fingerprint density at radius 3 is 2.80 bits per heavy atom. The molecular formula is C18H18FN3O3. The van der Waals surface area contributed by atoms with Crippen LogP contribution in [0.25, 0.3) is 5.69 Å². The number of hydrogen-bond acceptors (Lipinski definition) is 3. The largest absolute Gasteiger partial charge is 0.481 e. The van der Waals surface area contributed by atoms with Gasteiger partial charge >= 0.3 is 5.97 Å². The number of aromatic nitrogens is 2. The summed E-state index contributed by atoms with van der Waals surface area (Å²) in [7, 11) is 0. The van der Waals surface area contributed by atoms with Crippen molar-refractivity contribution in [3.8, 4) is 5.69 Å². The highest BCUT2D eigenvalue weighted by atomic mass is 19.1. The molecule has 1 fully saturated rings. The van der Waals surface area contributed by atoms with Crippen LogP contribution in [0, 0.1) is 11.2 Å². The van der Waals surface area contributed by atoms with Crippen LogP contribution < -0.4 is 5.32 Å². The summed E-state index contributed by atoms with van der Waals surface area (Å²) < 4.78 is 15.2. The molecule has 1 amide bonds. The molecule has 0 unspecified atom stereocenters. The zero-order valence-electron chi connectivity index (χ0n) is 13.6. The van der Waals surface area contributed by atoms with Crippen molar-refractivity contribution >= 4 is 11.9 Å². The zero-order chi connectivity index (χ0) is 17.6. The fourth-order valence-corrected chi connectivity index (χ4v) is 3.39. The molecule has 7 heteroatoms. The number of aliphatic carboxylic acids is 1. The molecule has 0 aliphatic heterocycles. The highest BCUT2D eigenvalue weighted by Gasteiger charge is 2.50. The van der Waals surface area contributed by atoms with E-state index in [9.17, 15) is 19.1 Å². The van der Waals surface area contributed by atoms with Gasteiger partial charge in [0.2, 0.25) is 0 Å². The molecule has 0 saturated heterocycles. The zero-order valence-corrected chi connectivity index (χ0v) is 13.6. The molecule has 4 rings (SSSR count). The van der Waals surface area contributed by atoms with Crippen LogP contribution in [-0.2, 0) is 17.6 Å². The van der Waals surface area contributed by atoms with Crippen molar-refractivity contribution in [1.82, 2.24) is 15.1 Å². The van der Waals surface area contributed by atoms with Gasteiger partial charge < -0.3 is 10.4 Å². The van der Waals surface area contributed by atoms with Crippen LogP contribution in [0.3, 0.4) is 0 Å². The monoisotopic (exact) mass is 343 g/mol. The summed E-state index contributed by atoms with van der Waals surface area (Å²) in [6.45, 7) is 0.114. The van der Waals surface area contributed by atoms with E-state index in [0.29, 0.717) is 24.2 Å². The van der Waals surface area contributed by atoms with E-state index in [4.69, 9.17) is 0 Å². The summed E-state index contributed by atoms with van der Waals surface area (Å²) in [5.41, 5.74) is 1.89. The first-order valence-corrected chi connectivity index (χ1v) is 8.38. The quantitative estimate of drug-likeness (QED) is 0.871. The first-order chi connectivity index (χ1) is 12.0. The van der Waals surface area contributed by atoms with E-state index in [2.05, 4.69) is 10.4 Å². The van der Waals surface area contributed by atoms with E-state index in [-0.39, 0.29) is 18.3 Å². The van der Waals surface area contributed by atoms with Crippen molar-refractivity contribution in [2.24, 2.45) is 5.41 Å². The van der Waals surface area contributed by atoms with E-state index in [1.807, 2.05) is 0 Å². The molecule has 1 aromatic heterocycles. The highest BCUT2D eigenvalue weighted by Crippen LogP contribution is 2.45. The Labute approximate surface area is 143 Å². The molecule has 1 heterocycles. The third-order valence-electron chi connectivity index (χ3n) is 5.09. The molecular weight excluding hydrogens is 325 g/mol. The lowest BCUT2D eigenvalue weighted by molar-refractivity contribution is -0.143. The van der Waals surface area contributed by atoms with Gasteiger partial charge in [0.05, 0.1) is 11.1 Å². The van der Waals surface area contributed by atoms with Gasteiger partial charge in [-0.1, -0.05) is 6.07 Å². The van der Waals surface area contributed by atoms with Crippen LogP contribution >= 0.6 is 0 Å². The van der Waals surface area contributed by atoms with Gasteiger partial charge in [0, 0.05) is 17.8 Å². The number of carbonyl (C=O) groups excluding carboxylic acids is 1. The van der Waals surface area contributed by atoms with Crippen LogP contribution in [0.1, 0.15) is 41.0 Å². The lowest BCUT2D eigenvalue weighted by Crippen LogP contribution is -2.34. The Kier molecular flexibility index (Phi) is 3.59. The molecule has 0 atom stereocenters. The Morgan fingerprint density at radius 2 is 2.12 bits per heavy atom. The summed E-state index contributed by atoms with van der Waals surface area (Å²) in [6.07, 6.45) is 3.61. The topological polar surface area (TPSA) is 84.2 Å². The minimum atomic E-state index is -0.872. The number of carboxylic acid groups (broad SMARTS) is 1. The van der Waals surface area contributed by atoms with Gasteiger partial charge in [0.25, 0.3) is 5.91 Å². The Bertz CT molecular complexity index is 870. The summed E-state index contributed by atoms with van der Waals surface area (Å²) in [5.74, 6) is -1.59. The lowest BCUT2D eigenvalue weighted by atomic mass is 10.1. The fraction of sp³-hybridized carbons (Fsp3) is 0.389. The number of carboxylic acids is 1. The molecule has 2 aliphatic carbocycles. The van der Waals surface area contributed by atoms with Crippen LogP contribution in [0.2, 0.25) is 0 Å². The average Bonchev–Trinajstić information content (AvgIpc) is 3.08. The number of benzene rings is 1. The molecule has 6 nitrogen and oxygen atoms in total. The highest BCUT2D eigenvalue weighted by molar-refractivity contribution is 5.94. The summed E-state index contributed by atoms with van der Waals surface area (Å²) in [5, 5.41) is 16.3. The lowest BCUT2D eigenvalue weighted by Gasteiger charge is -2.10. The number of fused-ring (bicyclic) bond motifs is 1. The Balaban J connectivity index is 1.61. The molecule has 1 saturated carbocycles. The van der Waals surface area contributed by atoms with Crippen LogP contribution in [0.5, 0.6) is 0 Å². The van der Waals surface area contributed by atoms with Crippen LogP contribution in [0.4, 0.5) is 4.39 Å². The average molecular weight is 343 g/mol. The van der Waals surface area contributed by atoms with E-state index >= 15 is 0 Å². The van der Waals surface area contributed by atoms with Gasteiger partial charge in [-0.05, 0) is 50.3 Å². The van der Waals surface area contributed by atoms with Crippen LogP contribution in [-0.4, -0.2) is 33.3 Å². The second-order valence-electron chi connectivity index (χ2n) is 6.79. The van der Waals surface area contributed by atoms with Gasteiger partial charge in [-0.15, -0.1) is 0 Å². The van der Waals surface area contributed by atoms with Crippen molar-refractivity contribution in [2.75, 3.05) is 6.54 Å². The maximum atomic E-state index is 13.5. The van der Waals surface area contributed by atoms with Crippen molar-refractivity contribution in [1.29, 1.82) is 0 Å². The van der Waals surface area contributed by atoms with Gasteiger partial charge in [-0.3, -0.25) is 9.59 Å². The van der Waals surface area contributed by atoms with Gasteiger partial charge in [-0.25, -0.2) is 9.07 Å². The number of nitrogens with zero attached hydrogens (tertiary/aromatic N) is 2. The van der Waals surface area contributed by atoms with E-state index < -0.39 is 11.4 Å². The molecule has 25 heavy (non-hydrogen) atoms. The second-order valence-corrected chi connectivity index (χ2v) is 6.79. The maximum absolute atomic E-state index is 13.5. The number of carbonyl (C=O) groups is 2. The minimum Gasteiger partial charge on any atom is -0.481 e. The fourth-order valence-electron chi connectivity index (χ4n) is 3.39. The van der Waals surface area contributed by atoms with Gasteiger partial charge in [0.15, 0.2) is 5.69 Å². The predicted molar refractivity (Wildman–Crippen MR) is 87.2 cm³/mol. The number of rotatable bonds is 5. The second kappa shape index (κ2) is 5.68. The number of amides is 1. The number of hydrogen-bond donors (Lipinski definition) is 2. The first kappa shape index (κ1) is 15.8. The molecule has 0 bridgehead atoms. The van der Waals surface area contributed by atoms with E-state index in [1.54, 1.807) is 16.8 Å². The maximum Gasteiger partial charge on any atom is 0.311 e. The molecule has 2 aromatic rings. The summed E-state index contributed by atoms with van der Waals surface area (Å²) in [4.78, 5) is 23.8. The standard InChI is InChI=1S/C18H18FN3O3/c19-11-3-1-4-12(9-11)22-14-6-2-5-13(14)15(21-22)16(23)20-10-18(7-8-18)17(24)25/h1,3-4,9H,2,5-8,10H2,(H,20,23)(H,24,25). The third-order valence-corrected chi connectivity index (χ3v) is 5.09. The minimum absolute atomic E-state index is 0.114. The SMILES string of the molecule is O=C(NCC1(C(=O)O)CC1)c1nn(-c2cccc(F)c2)c2c1CCC2. The number of halogens is 1. The van der Waals surface area contributed by atoms with Crippen molar-refractivity contribution in [3.05, 3.63) is 47.0 Å². The summed E-state index contributed by atoms with van der Waals surface area (Å²) >= 11 is 0. The Morgan fingerprint density at radius 1 is 1.32 bits per heavy atom. The van der Waals surface area contributed by atoms with Gasteiger partial charge in [-0.2, -0.15) is 5.10 Å². The van der Waals surface area contributed by atoms with E-state index in [0.717, 1.165) is 30.5 Å². The molecule has 1 aromatic carbocycles. The third kappa shape index (κ3) is 2.69. The van der Waals surface area contributed by atoms with Crippen molar-refractivity contribution < 1.29 is 19.1 Å². The molecule has 2 N–H and O–H groups in total.